The van der Waals surface area contributed by atoms with E-state index in [2.05, 4.69) is 4.98 Å². The fourth-order valence-electron chi connectivity index (χ4n) is 2.71. The van der Waals surface area contributed by atoms with E-state index in [0.717, 1.165) is 6.92 Å². The molecule has 8 nitrogen and oxygen atoms in total. The summed E-state index contributed by atoms with van der Waals surface area (Å²) in [7, 11) is 0. The minimum absolute atomic E-state index is 0.0972. The highest BCUT2D eigenvalue weighted by Crippen LogP contribution is 2.34. The number of nitrogens with two attached hydrogens (primary N) is 1. The first-order valence-corrected chi connectivity index (χ1v) is 8.84. The SMILES string of the molecule is Cc1c(F)c(Oc2cccc(C(=N)N)c2)nc(Oc2cccc(C(=O)O)c2CO)c1F. The number of carboxylic acid groups (broad SMARTS) is 1. The second-order valence-electron chi connectivity index (χ2n) is 6.37. The van der Waals surface area contributed by atoms with Crippen molar-refractivity contribution in [1.82, 2.24) is 4.98 Å². The van der Waals surface area contributed by atoms with Gasteiger partial charge in [0.1, 0.15) is 17.3 Å². The number of nitrogen functional groups attached to an aromatic ring is 1. The molecule has 3 aromatic rings. The molecule has 1 aromatic heterocycles. The van der Waals surface area contributed by atoms with Gasteiger partial charge in [0.2, 0.25) is 0 Å². The molecule has 0 saturated carbocycles. The number of hydrogen-bond donors (Lipinski definition) is 4. The number of nitrogens with zero attached hydrogens (tertiary/aromatic N) is 1. The van der Waals surface area contributed by atoms with Crippen molar-refractivity contribution in [2.24, 2.45) is 5.73 Å². The maximum Gasteiger partial charge on any atom is 0.336 e. The fourth-order valence-corrected chi connectivity index (χ4v) is 2.71. The number of benzene rings is 2. The number of aromatic nitrogens is 1. The molecule has 0 radical (unpaired) electrons. The van der Waals surface area contributed by atoms with Crippen LogP contribution in [0.4, 0.5) is 8.78 Å². The molecule has 10 heteroatoms. The van der Waals surface area contributed by atoms with Crippen molar-refractivity contribution in [2.75, 3.05) is 0 Å². The number of nitrogens with one attached hydrogen (secondary N) is 1. The van der Waals surface area contributed by atoms with Crippen molar-refractivity contribution < 1.29 is 33.3 Å². The van der Waals surface area contributed by atoms with E-state index in [4.69, 9.17) is 20.6 Å². The Morgan fingerprint density at radius 2 is 1.77 bits per heavy atom. The maximum atomic E-state index is 14.6. The van der Waals surface area contributed by atoms with Crippen LogP contribution in [0.3, 0.4) is 0 Å². The van der Waals surface area contributed by atoms with Gasteiger partial charge in [-0.05, 0) is 31.2 Å². The minimum atomic E-state index is -1.31. The molecule has 0 aliphatic rings. The Bertz CT molecular complexity index is 1180. The largest absolute Gasteiger partial charge is 0.478 e. The molecule has 0 fully saturated rings. The van der Waals surface area contributed by atoms with Crippen LogP contribution in [0.25, 0.3) is 0 Å². The summed E-state index contributed by atoms with van der Waals surface area (Å²) in [5, 5.41) is 26.2. The molecule has 3 rings (SSSR count). The zero-order valence-corrected chi connectivity index (χ0v) is 16.1. The number of ether oxygens (including phenoxy) is 2. The lowest BCUT2D eigenvalue weighted by atomic mass is 10.1. The van der Waals surface area contributed by atoms with Gasteiger partial charge in [-0.1, -0.05) is 18.2 Å². The Morgan fingerprint density at radius 3 is 2.39 bits per heavy atom. The average Bonchev–Trinajstić information content (AvgIpc) is 2.75. The second kappa shape index (κ2) is 8.76. The highest BCUT2D eigenvalue weighted by molar-refractivity contribution is 5.95. The van der Waals surface area contributed by atoms with Crippen molar-refractivity contribution >= 4 is 11.8 Å². The summed E-state index contributed by atoms with van der Waals surface area (Å²) in [6, 6.07) is 9.83. The second-order valence-corrected chi connectivity index (χ2v) is 6.37. The molecule has 0 spiro atoms. The molecule has 2 aromatic carbocycles. The third kappa shape index (κ3) is 4.43. The van der Waals surface area contributed by atoms with E-state index in [-0.39, 0.29) is 28.5 Å². The van der Waals surface area contributed by atoms with Crippen LogP contribution in [0.5, 0.6) is 23.3 Å². The predicted molar refractivity (Wildman–Crippen MR) is 106 cm³/mol. The van der Waals surface area contributed by atoms with Gasteiger partial charge in [0, 0.05) is 16.7 Å². The van der Waals surface area contributed by atoms with E-state index in [1.54, 1.807) is 6.07 Å². The highest BCUT2D eigenvalue weighted by Gasteiger charge is 2.23. The van der Waals surface area contributed by atoms with Crippen LogP contribution >= 0.6 is 0 Å². The van der Waals surface area contributed by atoms with Gasteiger partial charge in [0.25, 0.3) is 11.8 Å². The van der Waals surface area contributed by atoms with E-state index < -0.39 is 41.5 Å². The third-order valence-electron chi connectivity index (χ3n) is 4.32. The van der Waals surface area contributed by atoms with Gasteiger partial charge in [-0.15, -0.1) is 0 Å². The first-order valence-electron chi connectivity index (χ1n) is 8.84. The summed E-state index contributed by atoms with van der Waals surface area (Å²) in [4.78, 5) is 15.1. The van der Waals surface area contributed by atoms with E-state index in [0.29, 0.717) is 5.56 Å². The van der Waals surface area contributed by atoms with Gasteiger partial charge in [-0.2, -0.15) is 4.98 Å². The van der Waals surface area contributed by atoms with Crippen LogP contribution in [0.15, 0.2) is 42.5 Å². The first kappa shape index (κ1) is 21.7. The molecular formula is C21H17F2N3O5. The number of carbonyl (C=O) groups is 1. The maximum absolute atomic E-state index is 14.6. The third-order valence-corrected chi connectivity index (χ3v) is 4.32. The quantitative estimate of drug-likeness (QED) is 0.331. The molecule has 0 saturated heterocycles. The zero-order valence-electron chi connectivity index (χ0n) is 16.1. The number of aromatic carboxylic acids is 1. The van der Waals surface area contributed by atoms with Crippen molar-refractivity contribution in [3.8, 4) is 23.3 Å². The number of pyridine rings is 1. The van der Waals surface area contributed by atoms with Gasteiger partial charge < -0.3 is 25.4 Å². The normalized spacial score (nSPS) is 10.6. The average molecular weight is 429 g/mol. The number of carboxylic acids is 1. The summed E-state index contributed by atoms with van der Waals surface area (Å²) in [6.07, 6.45) is 0. The summed E-state index contributed by atoms with van der Waals surface area (Å²) in [6.45, 7) is 0.458. The number of amidine groups is 1. The van der Waals surface area contributed by atoms with Crippen LogP contribution in [-0.4, -0.2) is 27.0 Å². The van der Waals surface area contributed by atoms with E-state index in [1.165, 1.54) is 36.4 Å². The lowest BCUT2D eigenvalue weighted by Crippen LogP contribution is -2.10. The standard InChI is InChI=1S/C21H17F2N3O5/c1-10-16(22)19(30-12-5-2-4-11(8-12)18(24)25)26-20(17(10)23)31-15-7-3-6-13(21(28)29)14(15)9-27/h2-8,27H,9H2,1H3,(H3,24,25)(H,28,29). The predicted octanol–water partition coefficient (Wildman–Crippen LogP) is 3.73. The number of aliphatic hydroxyl groups is 1. The molecule has 31 heavy (non-hydrogen) atoms. The zero-order chi connectivity index (χ0) is 22.7. The molecule has 1 heterocycles. The molecule has 0 amide bonds. The molecule has 160 valence electrons. The Morgan fingerprint density at radius 1 is 1.13 bits per heavy atom. The number of hydrogen-bond acceptors (Lipinski definition) is 6. The smallest absolute Gasteiger partial charge is 0.336 e. The monoisotopic (exact) mass is 429 g/mol. The molecule has 0 aliphatic heterocycles. The van der Waals surface area contributed by atoms with Crippen molar-refractivity contribution in [3.05, 3.63) is 76.4 Å². The van der Waals surface area contributed by atoms with Gasteiger partial charge in [0.15, 0.2) is 11.6 Å². The van der Waals surface area contributed by atoms with Crippen molar-refractivity contribution in [3.63, 3.8) is 0 Å². The Labute approximate surface area is 175 Å². The number of rotatable bonds is 7. The summed E-state index contributed by atoms with van der Waals surface area (Å²) >= 11 is 0. The lowest BCUT2D eigenvalue weighted by molar-refractivity contribution is 0.0692. The van der Waals surface area contributed by atoms with Crippen LogP contribution in [-0.2, 0) is 6.61 Å². The topological polar surface area (TPSA) is 139 Å². The molecule has 0 atom stereocenters. The van der Waals surface area contributed by atoms with Gasteiger partial charge in [-0.25, -0.2) is 13.6 Å². The van der Waals surface area contributed by atoms with Gasteiger partial charge >= 0.3 is 5.97 Å². The first-order chi connectivity index (χ1) is 14.7. The molecule has 5 N–H and O–H groups in total. The van der Waals surface area contributed by atoms with Crippen molar-refractivity contribution in [1.29, 1.82) is 5.41 Å². The van der Waals surface area contributed by atoms with Crippen LogP contribution in [0.1, 0.15) is 27.0 Å². The number of halogens is 2. The minimum Gasteiger partial charge on any atom is -0.478 e. The Hall–Kier alpha value is -4.05. The van der Waals surface area contributed by atoms with Gasteiger partial charge in [-0.3, -0.25) is 5.41 Å². The van der Waals surface area contributed by atoms with E-state index in [9.17, 15) is 23.8 Å². The van der Waals surface area contributed by atoms with E-state index in [1.807, 2.05) is 0 Å². The van der Waals surface area contributed by atoms with Crippen LogP contribution in [0, 0.1) is 24.0 Å². The summed E-state index contributed by atoms with van der Waals surface area (Å²) in [5.41, 5.74) is 4.97. The highest BCUT2D eigenvalue weighted by atomic mass is 19.1. The van der Waals surface area contributed by atoms with Gasteiger partial charge in [0.05, 0.1) is 12.2 Å². The Balaban J connectivity index is 2.03. The molecule has 0 bridgehead atoms. The summed E-state index contributed by atoms with van der Waals surface area (Å²) in [5.74, 6) is -5.07. The lowest BCUT2D eigenvalue weighted by Gasteiger charge is -2.15. The Kier molecular flexibility index (Phi) is 6.12. The van der Waals surface area contributed by atoms with E-state index >= 15 is 0 Å². The fraction of sp³-hybridized carbons (Fsp3) is 0.0952. The molecule has 0 aliphatic carbocycles. The molecule has 0 unspecified atom stereocenters. The molecular weight excluding hydrogens is 412 g/mol. The number of aliphatic hydroxyl groups excluding tert-OH is 1. The van der Waals surface area contributed by atoms with Crippen LogP contribution < -0.4 is 15.2 Å². The van der Waals surface area contributed by atoms with Crippen LogP contribution in [0.2, 0.25) is 0 Å². The summed E-state index contributed by atoms with van der Waals surface area (Å²) < 4.78 is 40.0. The van der Waals surface area contributed by atoms with Crippen molar-refractivity contribution in [2.45, 2.75) is 13.5 Å².